The monoisotopic (exact) mass is 623 g/mol. The molecule has 0 aliphatic heterocycles. The van der Waals surface area contributed by atoms with Gasteiger partial charge in [-0.1, -0.05) is 127 Å². The van der Waals surface area contributed by atoms with Crippen LogP contribution in [-0.4, -0.2) is 4.98 Å². The lowest BCUT2D eigenvalue weighted by Gasteiger charge is -2.17. The molecule has 2 heterocycles. The largest absolute Gasteiger partial charge is 0.456 e. The summed E-state index contributed by atoms with van der Waals surface area (Å²) < 4.78 is 13.5. The molecule has 2 aliphatic carbocycles. The van der Waals surface area contributed by atoms with E-state index in [-0.39, 0.29) is 5.92 Å². The predicted octanol–water partition coefficient (Wildman–Crippen LogP) is 12.5. The van der Waals surface area contributed by atoms with E-state index in [0.29, 0.717) is 5.89 Å². The van der Waals surface area contributed by atoms with Crippen molar-refractivity contribution in [2.45, 2.75) is 5.92 Å². The van der Waals surface area contributed by atoms with Crippen molar-refractivity contribution in [3.05, 3.63) is 162 Å². The predicted molar refractivity (Wildman–Crippen MR) is 199 cm³/mol. The second-order valence-corrected chi connectivity index (χ2v) is 13.3. The van der Waals surface area contributed by atoms with Gasteiger partial charge in [0, 0.05) is 22.3 Å². The van der Waals surface area contributed by atoms with E-state index in [2.05, 4.69) is 121 Å². The summed E-state index contributed by atoms with van der Waals surface area (Å²) in [6, 6.07) is 52.3. The van der Waals surface area contributed by atoms with Gasteiger partial charge in [-0.05, 0) is 84.3 Å². The molecule has 10 aromatic rings. The molecule has 0 bridgehead atoms. The second-order valence-electron chi connectivity index (χ2n) is 13.3. The third-order valence-electron chi connectivity index (χ3n) is 10.9. The molecule has 226 valence electrons. The van der Waals surface area contributed by atoms with E-state index in [4.69, 9.17) is 13.8 Å². The van der Waals surface area contributed by atoms with E-state index in [1.807, 2.05) is 24.3 Å². The standard InChI is InChI=1S/C46H25NO2/c1-2-12-27-26(10-1)24-38-42(44(27)46-47-36-20-5-6-21-37(36)49-46)35-19-9-18-34(45(35)48-38)40-32-17-8-16-31-29-14-4-3-13-28(29)30-15-7-11-25-22-23-33(40)43(39(25)30)41(31)32/h1-24,40H. The minimum atomic E-state index is 0.0131. The fourth-order valence-corrected chi connectivity index (χ4v) is 8.97. The van der Waals surface area contributed by atoms with Crippen LogP contribution in [0.4, 0.5) is 0 Å². The quantitative estimate of drug-likeness (QED) is 0.192. The first-order valence-corrected chi connectivity index (χ1v) is 16.8. The molecule has 49 heavy (non-hydrogen) atoms. The zero-order valence-electron chi connectivity index (χ0n) is 26.2. The Balaban J connectivity index is 1.19. The van der Waals surface area contributed by atoms with Crippen LogP contribution in [0.2, 0.25) is 0 Å². The van der Waals surface area contributed by atoms with Gasteiger partial charge in [0.05, 0.1) is 5.56 Å². The Morgan fingerprint density at radius 2 is 1.12 bits per heavy atom. The molecule has 0 saturated carbocycles. The first-order chi connectivity index (χ1) is 24.3. The van der Waals surface area contributed by atoms with Gasteiger partial charge in [-0.3, -0.25) is 0 Å². The third kappa shape index (κ3) is 3.24. The van der Waals surface area contributed by atoms with E-state index >= 15 is 0 Å². The van der Waals surface area contributed by atoms with Crippen molar-refractivity contribution in [1.29, 1.82) is 0 Å². The summed E-state index contributed by atoms with van der Waals surface area (Å²) in [6.45, 7) is 0. The zero-order valence-corrected chi connectivity index (χ0v) is 26.2. The minimum Gasteiger partial charge on any atom is -0.456 e. The Morgan fingerprint density at radius 1 is 0.429 bits per heavy atom. The maximum atomic E-state index is 7.01. The molecule has 1 unspecified atom stereocenters. The molecule has 8 aromatic carbocycles. The van der Waals surface area contributed by atoms with Crippen LogP contribution >= 0.6 is 0 Å². The normalized spacial score (nSPS) is 14.3. The lowest BCUT2D eigenvalue weighted by Crippen LogP contribution is -2.00. The van der Waals surface area contributed by atoms with Crippen LogP contribution in [-0.2, 0) is 0 Å². The van der Waals surface area contributed by atoms with Crippen molar-refractivity contribution in [3.63, 3.8) is 0 Å². The molecule has 3 heteroatoms. The summed E-state index contributed by atoms with van der Waals surface area (Å²) in [5.74, 6) is 0.622. The third-order valence-corrected chi connectivity index (χ3v) is 10.9. The molecular formula is C46H25NO2. The number of rotatable bonds is 2. The molecule has 0 spiro atoms. The van der Waals surface area contributed by atoms with Crippen molar-refractivity contribution in [3.8, 4) is 44.8 Å². The van der Waals surface area contributed by atoms with Crippen LogP contribution in [0, 0.1) is 0 Å². The molecule has 0 N–H and O–H groups in total. The number of aromatic nitrogens is 1. The summed E-state index contributed by atoms with van der Waals surface area (Å²) in [7, 11) is 0. The summed E-state index contributed by atoms with van der Waals surface area (Å²) >= 11 is 0. The average Bonchev–Trinajstić information content (AvgIpc) is 3.83. The number of nitrogens with zero attached hydrogens (tertiary/aromatic N) is 1. The highest BCUT2D eigenvalue weighted by molar-refractivity contribution is 6.21. The molecule has 3 nitrogen and oxygen atoms in total. The van der Waals surface area contributed by atoms with Crippen molar-refractivity contribution in [2.75, 3.05) is 0 Å². The highest BCUT2D eigenvalue weighted by atomic mass is 16.3. The first kappa shape index (κ1) is 25.6. The van der Waals surface area contributed by atoms with Crippen LogP contribution in [0.5, 0.6) is 0 Å². The Hall–Kier alpha value is -6.45. The number of hydrogen-bond acceptors (Lipinski definition) is 3. The van der Waals surface area contributed by atoms with Crippen molar-refractivity contribution >= 4 is 54.6 Å². The molecule has 2 aliphatic rings. The Morgan fingerprint density at radius 3 is 2.06 bits per heavy atom. The summed E-state index contributed by atoms with van der Waals surface area (Å²) in [4.78, 5) is 4.99. The number of hydrogen-bond donors (Lipinski definition) is 0. The van der Waals surface area contributed by atoms with Crippen LogP contribution in [0.25, 0.3) is 99.4 Å². The number of furan rings is 1. The molecule has 0 radical (unpaired) electrons. The number of oxazole rings is 1. The zero-order chi connectivity index (χ0) is 31.8. The van der Waals surface area contributed by atoms with Crippen LogP contribution in [0.1, 0.15) is 22.6 Å². The van der Waals surface area contributed by atoms with Crippen LogP contribution < -0.4 is 0 Å². The number of benzene rings is 8. The molecule has 0 fully saturated rings. The van der Waals surface area contributed by atoms with E-state index in [0.717, 1.165) is 49.4 Å². The smallest absolute Gasteiger partial charge is 0.228 e. The van der Waals surface area contributed by atoms with Gasteiger partial charge in [0.25, 0.3) is 0 Å². The van der Waals surface area contributed by atoms with Crippen LogP contribution in [0.15, 0.2) is 154 Å². The van der Waals surface area contributed by atoms with E-state index in [1.165, 1.54) is 60.8 Å². The number of fused-ring (bicyclic) bond motifs is 8. The van der Waals surface area contributed by atoms with E-state index in [1.54, 1.807) is 0 Å². The number of para-hydroxylation sites is 3. The Bertz CT molecular complexity index is 3040. The van der Waals surface area contributed by atoms with Gasteiger partial charge in [0.2, 0.25) is 5.89 Å². The SMILES string of the molecule is c1ccc2c(c1)-c1cccc3c1-c1c(ccc4cccc-2c14)C3c1cccc2c1oc1cc3ccccc3c(-c3nc4ccccc4o3)c12. The fraction of sp³-hybridized carbons (Fsp3) is 0.0217. The van der Waals surface area contributed by atoms with Crippen molar-refractivity contribution in [1.82, 2.24) is 4.98 Å². The van der Waals surface area contributed by atoms with Gasteiger partial charge in [-0.25, -0.2) is 4.98 Å². The maximum Gasteiger partial charge on any atom is 0.228 e. The van der Waals surface area contributed by atoms with Gasteiger partial charge in [0.1, 0.15) is 16.7 Å². The topological polar surface area (TPSA) is 39.2 Å². The molecule has 0 saturated heterocycles. The highest BCUT2D eigenvalue weighted by Crippen LogP contribution is 2.59. The molecule has 1 atom stereocenters. The van der Waals surface area contributed by atoms with Gasteiger partial charge in [-0.15, -0.1) is 0 Å². The Labute approximate surface area is 280 Å². The summed E-state index contributed by atoms with van der Waals surface area (Å²) in [6.07, 6.45) is 0. The lowest BCUT2D eigenvalue weighted by atomic mass is 9.85. The molecular weight excluding hydrogens is 599 g/mol. The average molecular weight is 624 g/mol. The fourth-order valence-electron chi connectivity index (χ4n) is 8.97. The van der Waals surface area contributed by atoms with Gasteiger partial charge in [0.15, 0.2) is 5.58 Å². The van der Waals surface area contributed by atoms with E-state index < -0.39 is 0 Å². The first-order valence-electron chi connectivity index (χ1n) is 16.8. The van der Waals surface area contributed by atoms with Gasteiger partial charge < -0.3 is 8.83 Å². The van der Waals surface area contributed by atoms with Crippen LogP contribution in [0.3, 0.4) is 0 Å². The molecule has 2 aromatic heterocycles. The minimum absolute atomic E-state index is 0.0131. The second kappa shape index (κ2) is 9.12. The van der Waals surface area contributed by atoms with Crippen molar-refractivity contribution in [2.24, 2.45) is 0 Å². The van der Waals surface area contributed by atoms with Gasteiger partial charge >= 0.3 is 0 Å². The highest BCUT2D eigenvalue weighted by Gasteiger charge is 2.37. The molecule has 0 amide bonds. The van der Waals surface area contributed by atoms with E-state index in [9.17, 15) is 0 Å². The summed E-state index contributed by atoms with van der Waals surface area (Å²) in [5, 5.41) is 6.89. The summed E-state index contributed by atoms with van der Waals surface area (Å²) in [5.41, 5.74) is 16.0. The lowest BCUT2D eigenvalue weighted by molar-refractivity contribution is 0.621. The van der Waals surface area contributed by atoms with Crippen molar-refractivity contribution < 1.29 is 8.83 Å². The molecule has 12 rings (SSSR count). The Kier molecular flexibility index (Phi) is 4.77. The maximum absolute atomic E-state index is 7.01. The van der Waals surface area contributed by atoms with Gasteiger partial charge in [-0.2, -0.15) is 0 Å².